The Morgan fingerprint density at radius 3 is 2.17 bits per heavy atom. The summed E-state index contributed by atoms with van der Waals surface area (Å²) in [5.41, 5.74) is 0.438. The minimum absolute atomic E-state index is 0.0159. The van der Waals surface area contributed by atoms with Crippen LogP contribution >= 0.6 is 46.4 Å². The van der Waals surface area contributed by atoms with Crippen LogP contribution in [0.25, 0.3) is 0 Å². The molecule has 1 N–H and O–H groups in total. The molecule has 0 aliphatic heterocycles. The van der Waals surface area contributed by atoms with Gasteiger partial charge >= 0.3 is 0 Å². The number of halogens is 4. The Bertz CT molecular complexity index is 1430. The van der Waals surface area contributed by atoms with E-state index in [1.54, 1.807) is 43.3 Å². The maximum absolute atomic E-state index is 14.0. The Hall–Kier alpha value is -2.49. The zero-order valence-electron chi connectivity index (χ0n) is 21.9. The second kappa shape index (κ2) is 14.4. The molecule has 0 bridgehead atoms. The Labute approximate surface area is 255 Å². The van der Waals surface area contributed by atoms with Gasteiger partial charge in [-0.3, -0.25) is 13.9 Å². The van der Waals surface area contributed by atoms with Gasteiger partial charge in [-0.1, -0.05) is 84.0 Å². The number of benzene rings is 3. The molecular weight excluding hydrogens is 616 g/mol. The molecule has 0 saturated heterocycles. The number of unbranched alkanes of at least 4 members (excludes halogenated alkanes) is 1. The van der Waals surface area contributed by atoms with E-state index in [1.165, 1.54) is 35.2 Å². The SMILES string of the molecule is CCCCNC(=O)[C@@H](C)N(Cc1c(Cl)cccc1Cl)C(=O)CN(c1cc(Cl)ccc1Cl)S(=O)(=O)c1ccccc1. The predicted octanol–water partition coefficient (Wildman–Crippen LogP) is 6.83. The second-order valence-corrected chi connectivity index (χ2v) is 12.5. The van der Waals surface area contributed by atoms with E-state index in [2.05, 4.69) is 5.32 Å². The molecular formula is C28H29Cl4N3O4S. The van der Waals surface area contributed by atoms with E-state index in [0.717, 1.165) is 17.1 Å². The number of hydrogen-bond donors (Lipinski definition) is 1. The first-order valence-corrected chi connectivity index (χ1v) is 15.5. The fourth-order valence-corrected chi connectivity index (χ4v) is 6.28. The summed E-state index contributed by atoms with van der Waals surface area (Å²) < 4.78 is 28.6. The quantitative estimate of drug-likeness (QED) is 0.219. The molecule has 3 rings (SSSR count). The van der Waals surface area contributed by atoms with E-state index in [9.17, 15) is 18.0 Å². The Kier molecular flexibility index (Phi) is 11.5. The van der Waals surface area contributed by atoms with Crippen molar-refractivity contribution >= 4 is 73.9 Å². The van der Waals surface area contributed by atoms with Crippen LogP contribution in [-0.4, -0.2) is 44.3 Å². The maximum Gasteiger partial charge on any atom is 0.264 e. The van der Waals surface area contributed by atoms with Crippen LogP contribution in [0.2, 0.25) is 20.1 Å². The van der Waals surface area contributed by atoms with Gasteiger partial charge in [0.1, 0.15) is 12.6 Å². The normalized spacial score (nSPS) is 12.1. The van der Waals surface area contributed by atoms with Crippen LogP contribution in [0.5, 0.6) is 0 Å². The summed E-state index contributed by atoms with van der Waals surface area (Å²) in [7, 11) is -4.28. The summed E-state index contributed by atoms with van der Waals surface area (Å²) in [4.78, 5) is 28.2. The number of hydrogen-bond acceptors (Lipinski definition) is 4. The zero-order chi connectivity index (χ0) is 29.4. The average molecular weight is 645 g/mol. The smallest absolute Gasteiger partial charge is 0.264 e. The first kappa shape index (κ1) is 32.0. The highest BCUT2D eigenvalue weighted by molar-refractivity contribution is 7.92. The fourth-order valence-electron chi connectivity index (χ4n) is 3.88. The average Bonchev–Trinajstić information content (AvgIpc) is 2.93. The van der Waals surface area contributed by atoms with Crippen LogP contribution in [0.4, 0.5) is 5.69 Å². The molecule has 3 aromatic carbocycles. The summed E-state index contributed by atoms with van der Waals surface area (Å²) in [6, 6.07) is 15.9. The third kappa shape index (κ3) is 7.83. The van der Waals surface area contributed by atoms with Gasteiger partial charge in [0.25, 0.3) is 10.0 Å². The molecule has 0 saturated carbocycles. The highest BCUT2D eigenvalue weighted by Crippen LogP contribution is 2.33. The molecule has 2 amide bonds. The highest BCUT2D eigenvalue weighted by atomic mass is 35.5. The van der Waals surface area contributed by atoms with Crippen molar-refractivity contribution in [3.05, 3.63) is 92.4 Å². The minimum atomic E-state index is -4.28. The van der Waals surface area contributed by atoms with E-state index < -0.39 is 34.4 Å². The summed E-state index contributed by atoms with van der Waals surface area (Å²) in [5, 5.41) is 3.72. The lowest BCUT2D eigenvalue weighted by Crippen LogP contribution is -2.51. The molecule has 0 heterocycles. The summed E-state index contributed by atoms with van der Waals surface area (Å²) in [6.45, 7) is 3.18. The van der Waals surface area contributed by atoms with Crippen molar-refractivity contribution in [3.8, 4) is 0 Å². The van der Waals surface area contributed by atoms with Crippen molar-refractivity contribution in [1.29, 1.82) is 0 Å². The van der Waals surface area contributed by atoms with Gasteiger partial charge in [0, 0.05) is 33.7 Å². The monoisotopic (exact) mass is 643 g/mol. The van der Waals surface area contributed by atoms with Crippen molar-refractivity contribution in [3.63, 3.8) is 0 Å². The van der Waals surface area contributed by atoms with E-state index >= 15 is 0 Å². The van der Waals surface area contributed by atoms with E-state index in [1.807, 2.05) is 6.92 Å². The molecule has 0 aliphatic carbocycles. The number of sulfonamides is 1. The standard InChI is InChI=1S/C28H29Cl4N3O4S/c1-3-4-15-33-28(37)19(2)34(17-22-23(30)11-8-12-24(22)31)27(36)18-35(26-16-20(29)13-14-25(26)32)40(38,39)21-9-6-5-7-10-21/h5-14,16,19H,3-4,15,17-18H2,1-2H3,(H,33,37)/t19-/m1/s1. The lowest BCUT2D eigenvalue weighted by atomic mass is 10.1. The Morgan fingerprint density at radius 2 is 1.55 bits per heavy atom. The molecule has 0 radical (unpaired) electrons. The molecule has 40 heavy (non-hydrogen) atoms. The van der Waals surface area contributed by atoms with Crippen LogP contribution in [0, 0.1) is 0 Å². The van der Waals surface area contributed by atoms with Crippen molar-refractivity contribution in [2.75, 3.05) is 17.4 Å². The molecule has 3 aromatic rings. The molecule has 12 heteroatoms. The molecule has 0 aromatic heterocycles. The first-order valence-electron chi connectivity index (χ1n) is 12.5. The third-order valence-electron chi connectivity index (χ3n) is 6.17. The predicted molar refractivity (Wildman–Crippen MR) is 162 cm³/mol. The number of carbonyl (C=O) groups is 2. The largest absolute Gasteiger partial charge is 0.354 e. The molecule has 7 nitrogen and oxygen atoms in total. The number of carbonyl (C=O) groups excluding carboxylic acids is 2. The fraction of sp³-hybridized carbons (Fsp3) is 0.286. The number of rotatable bonds is 12. The van der Waals surface area contributed by atoms with Crippen molar-refractivity contribution < 1.29 is 18.0 Å². The van der Waals surface area contributed by atoms with Crippen molar-refractivity contribution in [1.82, 2.24) is 10.2 Å². The Balaban J connectivity index is 2.07. The minimum Gasteiger partial charge on any atom is -0.354 e. The van der Waals surface area contributed by atoms with Crippen LogP contribution in [0.15, 0.2) is 71.6 Å². The van der Waals surface area contributed by atoms with Gasteiger partial charge in [-0.2, -0.15) is 0 Å². The highest BCUT2D eigenvalue weighted by Gasteiger charge is 2.34. The number of amides is 2. The van der Waals surface area contributed by atoms with Crippen LogP contribution < -0.4 is 9.62 Å². The van der Waals surface area contributed by atoms with E-state index in [-0.39, 0.29) is 27.2 Å². The van der Waals surface area contributed by atoms with Gasteiger partial charge < -0.3 is 10.2 Å². The summed E-state index contributed by atoms with van der Waals surface area (Å²) in [5.74, 6) is -1.08. The number of anilines is 1. The third-order valence-corrected chi connectivity index (χ3v) is 9.21. The van der Waals surface area contributed by atoms with E-state index in [0.29, 0.717) is 22.2 Å². The lowest BCUT2D eigenvalue weighted by Gasteiger charge is -2.32. The van der Waals surface area contributed by atoms with Crippen LogP contribution in [0.1, 0.15) is 32.3 Å². The zero-order valence-corrected chi connectivity index (χ0v) is 25.8. The number of nitrogens with zero attached hydrogens (tertiary/aromatic N) is 2. The van der Waals surface area contributed by atoms with Crippen LogP contribution in [0.3, 0.4) is 0 Å². The molecule has 0 spiro atoms. The first-order chi connectivity index (χ1) is 19.0. The second-order valence-electron chi connectivity index (χ2n) is 8.96. The molecule has 0 aliphatic rings. The number of nitrogens with one attached hydrogen (secondary N) is 1. The maximum atomic E-state index is 14.0. The summed E-state index contributed by atoms with van der Waals surface area (Å²) in [6.07, 6.45) is 1.64. The molecule has 0 fully saturated rings. The van der Waals surface area contributed by atoms with Gasteiger partial charge in [-0.15, -0.1) is 0 Å². The van der Waals surface area contributed by atoms with Gasteiger partial charge in [-0.05, 0) is 55.8 Å². The Morgan fingerprint density at radius 1 is 0.900 bits per heavy atom. The van der Waals surface area contributed by atoms with Crippen LogP contribution in [-0.2, 0) is 26.2 Å². The molecule has 214 valence electrons. The topological polar surface area (TPSA) is 86.8 Å². The van der Waals surface area contributed by atoms with Crippen molar-refractivity contribution in [2.45, 2.75) is 44.2 Å². The summed E-state index contributed by atoms with van der Waals surface area (Å²) >= 11 is 25.4. The van der Waals surface area contributed by atoms with Crippen molar-refractivity contribution in [2.24, 2.45) is 0 Å². The molecule has 0 unspecified atom stereocenters. The van der Waals surface area contributed by atoms with Gasteiger partial charge in [0.15, 0.2) is 0 Å². The molecule has 1 atom stereocenters. The van der Waals surface area contributed by atoms with Gasteiger partial charge in [-0.25, -0.2) is 8.42 Å². The van der Waals surface area contributed by atoms with Gasteiger partial charge in [0.2, 0.25) is 11.8 Å². The lowest BCUT2D eigenvalue weighted by molar-refractivity contribution is -0.139. The van der Waals surface area contributed by atoms with Gasteiger partial charge in [0.05, 0.1) is 15.6 Å². The van der Waals surface area contributed by atoms with E-state index in [4.69, 9.17) is 46.4 Å².